The number of furan rings is 1. The number of hydrogen-bond acceptors (Lipinski definition) is 2. The van der Waals surface area contributed by atoms with Gasteiger partial charge in [0.15, 0.2) is 5.76 Å². The summed E-state index contributed by atoms with van der Waals surface area (Å²) in [4.78, 5) is 11.2. The van der Waals surface area contributed by atoms with Crippen molar-refractivity contribution in [3.05, 3.63) is 24.2 Å². The molecule has 2 heteroatoms. The molecule has 2 rings (SSSR count). The summed E-state index contributed by atoms with van der Waals surface area (Å²) in [5.41, 5.74) is 0. The van der Waals surface area contributed by atoms with Crippen LogP contribution in [0.3, 0.4) is 0 Å². The molecule has 0 aliphatic heterocycles. The first-order valence-corrected chi connectivity index (χ1v) is 3.95. The van der Waals surface area contributed by atoms with E-state index in [9.17, 15) is 4.79 Å². The summed E-state index contributed by atoms with van der Waals surface area (Å²) in [6.45, 7) is 0. The van der Waals surface area contributed by atoms with Crippen LogP contribution in [-0.2, 0) is 0 Å². The molecule has 0 spiro atoms. The minimum absolute atomic E-state index is 0.216. The van der Waals surface area contributed by atoms with Crippen molar-refractivity contribution in [1.82, 2.24) is 0 Å². The molecule has 0 amide bonds. The molecular weight excluding hydrogens is 152 g/mol. The molecule has 0 atom stereocenters. The summed E-state index contributed by atoms with van der Waals surface area (Å²) < 4.78 is 4.90. The van der Waals surface area contributed by atoms with E-state index in [1.807, 2.05) is 0 Å². The SMILES string of the molecule is O=C(C#CC1CC1)c1ccco1. The van der Waals surface area contributed by atoms with Crippen molar-refractivity contribution >= 4 is 5.78 Å². The molecule has 1 aliphatic rings. The van der Waals surface area contributed by atoms with Crippen LogP contribution in [0.25, 0.3) is 0 Å². The molecule has 12 heavy (non-hydrogen) atoms. The first-order chi connectivity index (χ1) is 5.86. The lowest BCUT2D eigenvalue weighted by atomic mass is 10.3. The van der Waals surface area contributed by atoms with Gasteiger partial charge in [0.25, 0.3) is 5.78 Å². The van der Waals surface area contributed by atoms with Gasteiger partial charge in [0, 0.05) is 5.92 Å². The number of hydrogen-bond donors (Lipinski definition) is 0. The maximum absolute atomic E-state index is 11.2. The minimum Gasteiger partial charge on any atom is -0.460 e. The Kier molecular flexibility index (Phi) is 1.71. The highest BCUT2D eigenvalue weighted by Gasteiger charge is 2.18. The minimum atomic E-state index is -0.216. The molecule has 2 nitrogen and oxygen atoms in total. The van der Waals surface area contributed by atoms with Crippen molar-refractivity contribution in [2.75, 3.05) is 0 Å². The molecule has 0 unspecified atom stereocenters. The Bertz CT molecular complexity index is 334. The molecule has 0 saturated heterocycles. The second kappa shape index (κ2) is 2.86. The van der Waals surface area contributed by atoms with Crippen LogP contribution in [0.1, 0.15) is 23.4 Å². The van der Waals surface area contributed by atoms with Gasteiger partial charge in [0.2, 0.25) is 0 Å². The van der Waals surface area contributed by atoms with Crippen molar-refractivity contribution in [3.8, 4) is 11.8 Å². The molecule has 1 fully saturated rings. The standard InChI is InChI=1S/C10H8O2/c11-9(6-5-8-3-4-8)10-2-1-7-12-10/h1-2,7-8H,3-4H2. The smallest absolute Gasteiger partial charge is 0.271 e. The van der Waals surface area contributed by atoms with E-state index >= 15 is 0 Å². The van der Waals surface area contributed by atoms with Crippen LogP contribution in [0.2, 0.25) is 0 Å². The van der Waals surface area contributed by atoms with Gasteiger partial charge < -0.3 is 4.42 Å². The summed E-state index contributed by atoms with van der Waals surface area (Å²) in [6.07, 6.45) is 3.75. The van der Waals surface area contributed by atoms with E-state index in [1.165, 1.54) is 6.26 Å². The first-order valence-electron chi connectivity index (χ1n) is 3.95. The van der Waals surface area contributed by atoms with E-state index in [2.05, 4.69) is 11.8 Å². The van der Waals surface area contributed by atoms with E-state index in [0.29, 0.717) is 11.7 Å². The molecule has 60 valence electrons. The summed E-state index contributed by atoms with van der Waals surface area (Å²) in [5, 5.41) is 0. The van der Waals surface area contributed by atoms with E-state index in [1.54, 1.807) is 12.1 Å². The lowest BCUT2D eigenvalue weighted by Crippen LogP contribution is -1.91. The number of rotatable bonds is 1. The number of carbonyl (C=O) groups excluding carboxylic acids is 1. The number of Topliss-reactive ketones (excluding diaryl/α,β-unsaturated/α-hetero) is 1. The van der Waals surface area contributed by atoms with E-state index in [0.717, 1.165) is 12.8 Å². The lowest BCUT2D eigenvalue weighted by Gasteiger charge is -1.81. The Morgan fingerprint density at radius 2 is 2.42 bits per heavy atom. The van der Waals surface area contributed by atoms with Crippen molar-refractivity contribution in [3.63, 3.8) is 0 Å². The normalized spacial score (nSPS) is 15.0. The maximum atomic E-state index is 11.2. The topological polar surface area (TPSA) is 30.2 Å². The fraction of sp³-hybridized carbons (Fsp3) is 0.300. The van der Waals surface area contributed by atoms with Gasteiger partial charge in [-0.1, -0.05) is 5.92 Å². The van der Waals surface area contributed by atoms with Gasteiger partial charge in [-0.05, 0) is 30.9 Å². The van der Waals surface area contributed by atoms with E-state index in [-0.39, 0.29) is 5.78 Å². The lowest BCUT2D eigenvalue weighted by molar-refractivity contribution is 0.103. The summed E-state index contributed by atoms with van der Waals surface area (Å²) >= 11 is 0. The maximum Gasteiger partial charge on any atom is 0.271 e. The average Bonchev–Trinajstić information content (AvgIpc) is 2.74. The van der Waals surface area contributed by atoms with Crippen LogP contribution in [0.15, 0.2) is 22.8 Å². The molecular formula is C10H8O2. The van der Waals surface area contributed by atoms with Crippen LogP contribution >= 0.6 is 0 Å². The van der Waals surface area contributed by atoms with Crippen molar-refractivity contribution in [2.45, 2.75) is 12.8 Å². The molecule has 1 heterocycles. The van der Waals surface area contributed by atoms with E-state index in [4.69, 9.17) is 4.42 Å². The van der Waals surface area contributed by atoms with E-state index < -0.39 is 0 Å². The first kappa shape index (κ1) is 7.17. The van der Waals surface area contributed by atoms with Crippen molar-refractivity contribution in [2.24, 2.45) is 5.92 Å². The predicted octanol–water partition coefficient (Wildman–Crippen LogP) is 1.88. The highest BCUT2D eigenvalue weighted by Crippen LogP contribution is 2.27. The zero-order valence-corrected chi connectivity index (χ0v) is 6.54. The third-order valence-corrected chi connectivity index (χ3v) is 1.71. The van der Waals surface area contributed by atoms with Crippen LogP contribution in [0.4, 0.5) is 0 Å². The quantitative estimate of drug-likeness (QED) is 0.356. The number of carbonyl (C=O) groups is 1. The second-order valence-electron chi connectivity index (χ2n) is 2.85. The van der Waals surface area contributed by atoms with Gasteiger partial charge in [0.1, 0.15) is 0 Å². The average molecular weight is 160 g/mol. The predicted molar refractivity (Wildman–Crippen MR) is 43.5 cm³/mol. The van der Waals surface area contributed by atoms with Gasteiger partial charge in [-0.25, -0.2) is 0 Å². The molecule has 1 saturated carbocycles. The van der Waals surface area contributed by atoms with Crippen LogP contribution in [0.5, 0.6) is 0 Å². The Balaban J connectivity index is 2.06. The fourth-order valence-electron chi connectivity index (χ4n) is 0.865. The Hall–Kier alpha value is -1.49. The molecule has 0 aromatic carbocycles. The molecule has 1 aromatic rings. The largest absolute Gasteiger partial charge is 0.460 e. The fourth-order valence-corrected chi connectivity index (χ4v) is 0.865. The Morgan fingerprint density at radius 3 is 3.00 bits per heavy atom. The van der Waals surface area contributed by atoms with Gasteiger partial charge in [-0.2, -0.15) is 0 Å². The van der Waals surface area contributed by atoms with Gasteiger partial charge >= 0.3 is 0 Å². The summed E-state index contributed by atoms with van der Waals surface area (Å²) in [6, 6.07) is 3.32. The molecule has 0 bridgehead atoms. The molecule has 1 aromatic heterocycles. The monoisotopic (exact) mass is 160 g/mol. The zero-order chi connectivity index (χ0) is 8.39. The molecule has 1 aliphatic carbocycles. The van der Waals surface area contributed by atoms with Crippen LogP contribution in [-0.4, -0.2) is 5.78 Å². The van der Waals surface area contributed by atoms with Gasteiger partial charge in [-0.15, -0.1) is 0 Å². The summed E-state index contributed by atoms with van der Waals surface area (Å²) in [5.74, 6) is 6.03. The van der Waals surface area contributed by atoms with Gasteiger partial charge in [0.05, 0.1) is 6.26 Å². The highest BCUT2D eigenvalue weighted by molar-refractivity contribution is 6.07. The van der Waals surface area contributed by atoms with Gasteiger partial charge in [-0.3, -0.25) is 4.79 Å². The molecule has 0 N–H and O–H groups in total. The Labute approximate surface area is 70.6 Å². The second-order valence-corrected chi connectivity index (χ2v) is 2.85. The Morgan fingerprint density at radius 1 is 1.58 bits per heavy atom. The third kappa shape index (κ3) is 1.57. The molecule has 0 radical (unpaired) electrons. The zero-order valence-electron chi connectivity index (χ0n) is 6.54. The third-order valence-electron chi connectivity index (χ3n) is 1.71. The number of ketones is 1. The van der Waals surface area contributed by atoms with Crippen molar-refractivity contribution < 1.29 is 9.21 Å². The summed E-state index contributed by atoms with van der Waals surface area (Å²) in [7, 11) is 0. The highest BCUT2D eigenvalue weighted by atomic mass is 16.3. The van der Waals surface area contributed by atoms with Crippen molar-refractivity contribution in [1.29, 1.82) is 0 Å². The van der Waals surface area contributed by atoms with Crippen LogP contribution in [0, 0.1) is 17.8 Å². The van der Waals surface area contributed by atoms with Crippen LogP contribution < -0.4 is 0 Å².